The molecule has 3 aliphatic rings. The Morgan fingerprint density at radius 1 is 1.05 bits per heavy atom. The zero-order valence-electron chi connectivity index (χ0n) is 24.5. The largest absolute Gasteiger partial charge is 0.488 e. The Labute approximate surface area is 279 Å². The number of hydrogen-bond donors (Lipinski definition) is 2. The molecule has 6 rings (SSSR count). The average Bonchev–Trinajstić information content (AvgIpc) is 3.52. The van der Waals surface area contributed by atoms with Crippen molar-refractivity contribution in [1.29, 1.82) is 0 Å². The summed E-state index contributed by atoms with van der Waals surface area (Å²) >= 11 is 15.0. The molecule has 2 fully saturated rings. The minimum Gasteiger partial charge on any atom is -0.488 e. The number of benzene rings is 3. The average molecular weight is 748 g/mol. The summed E-state index contributed by atoms with van der Waals surface area (Å²) in [5, 5.41) is 7.25. The van der Waals surface area contributed by atoms with Gasteiger partial charge in [-0.15, -0.1) is 0 Å². The minimum atomic E-state index is -1.24. The number of nitrogens with zero attached hydrogens (tertiary/aromatic N) is 1. The molecule has 8 nitrogen and oxygen atoms in total. The molecule has 2 saturated heterocycles. The van der Waals surface area contributed by atoms with Crippen molar-refractivity contribution in [3.8, 4) is 5.75 Å². The minimum absolute atomic E-state index is 0.0833. The van der Waals surface area contributed by atoms with Gasteiger partial charge < -0.3 is 25.0 Å². The number of halogens is 3. The summed E-state index contributed by atoms with van der Waals surface area (Å²) in [6.45, 7) is 6.36. The molecule has 0 aromatic heterocycles. The van der Waals surface area contributed by atoms with E-state index in [1.165, 1.54) is 0 Å². The third kappa shape index (κ3) is 5.74. The lowest BCUT2D eigenvalue weighted by atomic mass is 9.59. The maximum Gasteiger partial charge on any atom is 0.410 e. The molecule has 0 aliphatic carbocycles. The van der Waals surface area contributed by atoms with Crippen LogP contribution in [0.15, 0.2) is 60.7 Å². The molecule has 0 saturated carbocycles. The molecule has 2 unspecified atom stereocenters. The highest BCUT2D eigenvalue weighted by Gasteiger charge is 2.61. The number of anilines is 1. The topological polar surface area (TPSA) is 97.0 Å². The highest BCUT2D eigenvalue weighted by molar-refractivity contribution is 14.1. The van der Waals surface area contributed by atoms with Gasteiger partial charge in [-0.2, -0.15) is 0 Å². The van der Waals surface area contributed by atoms with Crippen LogP contribution in [-0.4, -0.2) is 47.6 Å². The molecule has 4 atom stereocenters. The van der Waals surface area contributed by atoms with Crippen molar-refractivity contribution in [2.75, 3.05) is 18.4 Å². The zero-order chi connectivity index (χ0) is 31.4. The number of carbonyl (C=O) groups excluding carboxylic acids is 3. The molecule has 3 aromatic carbocycles. The number of nitrogens with one attached hydrogen (secondary N) is 2. The molecule has 11 heteroatoms. The molecule has 1 spiro atoms. The number of ether oxygens (including phenoxy) is 2. The molecule has 3 heterocycles. The number of piperidine rings is 1. The van der Waals surface area contributed by atoms with Gasteiger partial charge in [-0.1, -0.05) is 41.4 Å². The van der Waals surface area contributed by atoms with Gasteiger partial charge in [-0.3, -0.25) is 9.59 Å². The fourth-order valence-electron chi connectivity index (χ4n) is 6.62. The van der Waals surface area contributed by atoms with Crippen molar-refractivity contribution in [3.05, 3.63) is 91.0 Å². The number of hydrogen-bond acceptors (Lipinski definition) is 5. The first kappa shape index (κ1) is 31.0. The maximum absolute atomic E-state index is 14.4. The van der Waals surface area contributed by atoms with Crippen LogP contribution in [0.4, 0.5) is 10.5 Å². The van der Waals surface area contributed by atoms with E-state index < -0.39 is 23.0 Å². The maximum atomic E-state index is 14.4. The Morgan fingerprint density at radius 3 is 2.57 bits per heavy atom. The molecular formula is C33H32Cl2IN3O5. The Kier molecular flexibility index (Phi) is 8.26. The summed E-state index contributed by atoms with van der Waals surface area (Å²) in [6, 6.07) is 17.7. The number of carbonyl (C=O) groups is 3. The fraction of sp³-hybridized carbons (Fsp3) is 0.364. The lowest BCUT2D eigenvalue weighted by Gasteiger charge is -2.46. The monoisotopic (exact) mass is 747 g/mol. The second-order valence-corrected chi connectivity index (χ2v) is 14.6. The molecule has 3 aromatic rings. The standard InChI is InChI=1S/C33H32Cl2IN3O5/c1-32(2,3)44-31(42)39-12-11-22(17-39)43-27-10-8-21(36)15-23(27)29-33(24-9-7-20(35)14-26(24)37-30(33)41)25(16-28(40)38-29)18-5-4-6-19(34)13-18/h4-10,13-15,22,25,29H,11-12,16-17H2,1-3H3,(H,37,41)(H,38,40)/t22?,25-,29+,33?/m0/s1. The SMILES string of the molecule is CC(C)(C)OC(=O)N1CCC(Oc2ccc(I)cc2[C@H]2NC(=O)C[C@@H](c3cccc(Cl)c3)C23C(=O)Nc2cc(Cl)ccc23)C1. The molecule has 0 bridgehead atoms. The summed E-state index contributed by atoms with van der Waals surface area (Å²) in [6.07, 6.45) is 0.00989. The van der Waals surface area contributed by atoms with Crippen molar-refractivity contribution in [1.82, 2.24) is 10.2 Å². The quantitative estimate of drug-likeness (QED) is 0.275. The van der Waals surface area contributed by atoms with E-state index in [-0.39, 0.29) is 30.4 Å². The van der Waals surface area contributed by atoms with Gasteiger partial charge in [-0.05, 0) is 97.0 Å². The lowest BCUT2D eigenvalue weighted by molar-refractivity contribution is -0.131. The van der Waals surface area contributed by atoms with Gasteiger partial charge in [0.25, 0.3) is 0 Å². The third-order valence-corrected chi connectivity index (χ3v) is 9.52. The van der Waals surface area contributed by atoms with Crippen molar-refractivity contribution >= 4 is 69.4 Å². The summed E-state index contributed by atoms with van der Waals surface area (Å²) < 4.78 is 13.1. The predicted molar refractivity (Wildman–Crippen MR) is 177 cm³/mol. The van der Waals surface area contributed by atoms with Crippen LogP contribution in [0.5, 0.6) is 5.75 Å². The second-order valence-electron chi connectivity index (χ2n) is 12.5. The van der Waals surface area contributed by atoms with E-state index in [2.05, 4.69) is 33.2 Å². The summed E-state index contributed by atoms with van der Waals surface area (Å²) in [4.78, 5) is 42.3. The molecule has 44 heavy (non-hydrogen) atoms. The van der Waals surface area contributed by atoms with Crippen molar-refractivity contribution in [2.24, 2.45) is 0 Å². The summed E-state index contributed by atoms with van der Waals surface area (Å²) in [7, 11) is 0. The molecule has 3 amide bonds. The Bertz CT molecular complexity index is 1660. The van der Waals surface area contributed by atoms with Gasteiger partial charge in [0.15, 0.2) is 0 Å². The summed E-state index contributed by atoms with van der Waals surface area (Å²) in [5.41, 5.74) is 0.961. The normalized spacial score (nSPS) is 24.6. The van der Waals surface area contributed by atoms with E-state index in [0.717, 1.165) is 14.7 Å². The molecule has 230 valence electrons. The number of likely N-dealkylation sites (tertiary alicyclic amines) is 1. The van der Waals surface area contributed by atoms with Gasteiger partial charge >= 0.3 is 6.09 Å². The Hall–Kier alpha value is -3.02. The number of amides is 3. The van der Waals surface area contributed by atoms with E-state index in [9.17, 15) is 14.4 Å². The first-order chi connectivity index (χ1) is 20.8. The second kappa shape index (κ2) is 11.7. The van der Waals surface area contributed by atoms with E-state index in [0.29, 0.717) is 46.6 Å². The van der Waals surface area contributed by atoms with E-state index >= 15 is 0 Å². The van der Waals surface area contributed by atoms with Gasteiger partial charge in [0, 0.05) is 50.2 Å². The highest BCUT2D eigenvalue weighted by atomic mass is 127. The zero-order valence-corrected chi connectivity index (χ0v) is 28.1. The Balaban J connectivity index is 1.44. The van der Waals surface area contributed by atoms with Crippen molar-refractivity contribution in [2.45, 2.75) is 62.7 Å². The van der Waals surface area contributed by atoms with E-state index in [1.54, 1.807) is 23.1 Å². The summed E-state index contributed by atoms with van der Waals surface area (Å²) in [5.74, 6) is -0.440. The lowest BCUT2D eigenvalue weighted by Crippen LogP contribution is -2.57. The first-order valence-corrected chi connectivity index (χ1v) is 16.3. The van der Waals surface area contributed by atoms with Gasteiger partial charge in [0.05, 0.1) is 12.6 Å². The predicted octanol–water partition coefficient (Wildman–Crippen LogP) is 7.22. The van der Waals surface area contributed by atoms with Crippen LogP contribution in [0.25, 0.3) is 0 Å². The first-order valence-electron chi connectivity index (χ1n) is 14.5. The van der Waals surface area contributed by atoms with E-state index in [1.807, 2.05) is 63.2 Å². The number of fused-ring (bicyclic) bond motifs is 2. The fourth-order valence-corrected chi connectivity index (χ4v) is 7.50. The van der Waals surface area contributed by atoms with E-state index in [4.69, 9.17) is 32.7 Å². The highest BCUT2D eigenvalue weighted by Crippen LogP contribution is 2.58. The van der Waals surface area contributed by atoms with Crippen molar-refractivity contribution in [3.63, 3.8) is 0 Å². The van der Waals surface area contributed by atoms with Crippen molar-refractivity contribution < 1.29 is 23.9 Å². The smallest absolute Gasteiger partial charge is 0.410 e. The Morgan fingerprint density at radius 2 is 1.82 bits per heavy atom. The molecular weight excluding hydrogens is 716 g/mol. The number of rotatable bonds is 4. The molecule has 0 radical (unpaired) electrons. The van der Waals surface area contributed by atoms with Crippen LogP contribution in [0.3, 0.4) is 0 Å². The molecule has 2 N–H and O–H groups in total. The van der Waals surface area contributed by atoms with Gasteiger partial charge in [-0.25, -0.2) is 4.79 Å². The van der Waals surface area contributed by atoms with Crippen LogP contribution in [0, 0.1) is 3.57 Å². The van der Waals surface area contributed by atoms with Gasteiger partial charge in [0.2, 0.25) is 11.8 Å². The third-order valence-electron chi connectivity index (χ3n) is 8.38. The van der Waals surface area contributed by atoms with Crippen LogP contribution in [0.1, 0.15) is 62.3 Å². The van der Waals surface area contributed by atoms with Crippen LogP contribution in [0.2, 0.25) is 10.0 Å². The van der Waals surface area contributed by atoms with Crippen LogP contribution >= 0.6 is 45.8 Å². The van der Waals surface area contributed by atoms with Crippen LogP contribution < -0.4 is 15.4 Å². The van der Waals surface area contributed by atoms with Crippen LogP contribution in [-0.2, 0) is 19.7 Å². The van der Waals surface area contributed by atoms with Gasteiger partial charge in [0.1, 0.15) is 22.9 Å². The molecule has 3 aliphatic heterocycles.